The lowest BCUT2D eigenvalue weighted by molar-refractivity contribution is -0.120. The maximum atomic E-state index is 13.1. The van der Waals surface area contributed by atoms with Crippen LogP contribution >= 0.6 is 11.8 Å². The van der Waals surface area contributed by atoms with E-state index in [1.54, 1.807) is 0 Å². The number of nitrogens with one attached hydrogen (secondary N) is 2. The molecule has 30 heavy (non-hydrogen) atoms. The molecule has 0 aliphatic rings. The van der Waals surface area contributed by atoms with Gasteiger partial charge in [-0.3, -0.25) is 4.79 Å². The Hall–Kier alpha value is -3.05. The minimum Gasteiger partial charge on any atom is -0.344 e. The first-order valence-corrected chi connectivity index (χ1v) is 10.9. The molecule has 1 amide bonds. The Balaban J connectivity index is 1.53. The number of aryl methyl sites for hydroxylation is 2. The number of hydrogen-bond acceptors (Lipinski definition) is 3. The molecule has 3 aromatic carbocycles. The number of nitrogens with zero attached hydrogens (tertiary/aromatic N) is 1. The van der Waals surface area contributed by atoms with Crippen molar-refractivity contribution in [3.63, 3.8) is 0 Å². The molecule has 1 atom stereocenters. The van der Waals surface area contributed by atoms with Gasteiger partial charge in [-0.2, -0.15) is 0 Å². The maximum absolute atomic E-state index is 13.1. The fourth-order valence-electron chi connectivity index (χ4n) is 3.63. The van der Waals surface area contributed by atoms with Crippen molar-refractivity contribution in [1.29, 1.82) is 0 Å². The smallest absolute Gasteiger partial charge is 0.234 e. The zero-order valence-electron chi connectivity index (χ0n) is 17.3. The Morgan fingerprint density at radius 1 is 0.967 bits per heavy atom. The van der Waals surface area contributed by atoms with Crippen molar-refractivity contribution in [2.24, 2.45) is 0 Å². The number of amides is 1. The molecule has 4 aromatic rings. The third-order valence-corrected chi connectivity index (χ3v) is 6.09. The SMILES string of the molecule is Cc1cc(C)c2nc(SC(C)C(=O)NC(c3ccccc3)c3ccccc3)[nH]c2c1. The molecular formula is C25H25N3OS. The maximum Gasteiger partial charge on any atom is 0.234 e. The number of benzene rings is 3. The van der Waals surface area contributed by atoms with Crippen LogP contribution in [0.2, 0.25) is 0 Å². The fourth-order valence-corrected chi connectivity index (χ4v) is 4.46. The Bertz CT molecular complexity index is 1120. The second kappa shape index (κ2) is 8.76. The number of carbonyl (C=O) groups is 1. The van der Waals surface area contributed by atoms with Gasteiger partial charge in [0, 0.05) is 0 Å². The number of rotatable bonds is 6. The van der Waals surface area contributed by atoms with Crippen LogP contribution in [-0.2, 0) is 4.79 Å². The predicted octanol–water partition coefficient (Wildman–Crippen LogP) is 5.57. The Kier molecular flexibility index (Phi) is 5.91. The number of carbonyl (C=O) groups excluding carboxylic acids is 1. The molecule has 0 fully saturated rings. The number of H-pyrrole nitrogens is 1. The minimum absolute atomic E-state index is 0.0222. The quantitative estimate of drug-likeness (QED) is 0.405. The van der Waals surface area contributed by atoms with Gasteiger partial charge in [-0.05, 0) is 49.1 Å². The molecule has 1 heterocycles. The highest BCUT2D eigenvalue weighted by molar-refractivity contribution is 8.00. The Labute approximate surface area is 181 Å². The van der Waals surface area contributed by atoms with Crippen LogP contribution in [0.1, 0.15) is 35.2 Å². The predicted molar refractivity (Wildman–Crippen MR) is 124 cm³/mol. The summed E-state index contributed by atoms with van der Waals surface area (Å²) in [5.74, 6) is -0.0222. The number of fused-ring (bicyclic) bond motifs is 1. The lowest BCUT2D eigenvalue weighted by Gasteiger charge is -2.21. The van der Waals surface area contributed by atoms with E-state index in [0.717, 1.165) is 32.9 Å². The zero-order chi connectivity index (χ0) is 21.1. The van der Waals surface area contributed by atoms with Crippen LogP contribution in [0.4, 0.5) is 0 Å². The second-order valence-corrected chi connectivity index (χ2v) is 8.87. The van der Waals surface area contributed by atoms with Crippen molar-refractivity contribution in [3.8, 4) is 0 Å². The van der Waals surface area contributed by atoms with Crippen LogP contribution in [0.5, 0.6) is 0 Å². The monoisotopic (exact) mass is 415 g/mol. The Morgan fingerprint density at radius 3 is 2.17 bits per heavy atom. The average Bonchev–Trinajstić information content (AvgIpc) is 3.15. The number of thioether (sulfide) groups is 1. The summed E-state index contributed by atoms with van der Waals surface area (Å²) < 4.78 is 0. The average molecular weight is 416 g/mol. The first-order chi connectivity index (χ1) is 14.5. The molecule has 0 spiro atoms. The van der Waals surface area contributed by atoms with Crippen LogP contribution < -0.4 is 5.32 Å². The summed E-state index contributed by atoms with van der Waals surface area (Å²) in [6, 6.07) is 24.1. The highest BCUT2D eigenvalue weighted by atomic mass is 32.2. The lowest BCUT2D eigenvalue weighted by Crippen LogP contribution is -2.35. The molecule has 0 bridgehead atoms. The molecule has 2 N–H and O–H groups in total. The van der Waals surface area contributed by atoms with Crippen molar-refractivity contribution in [3.05, 3.63) is 95.1 Å². The van der Waals surface area contributed by atoms with E-state index in [-0.39, 0.29) is 17.2 Å². The van der Waals surface area contributed by atoms with E-state index in [2.05, 4.69) is 36.3 Å². The molecule has 0 aliphatic carbocycles. The van der Waals surface area contributed by atoms with Crippen LogP contribution in [-0.4, -0.2) is 21.1 Å². The number of aromatic nitrogens is 2. The van der Waals surface area contributed by atoms with Crippen molar-refractivity contribution >= 4 is 28.7 Å². The third kappa shape index (κ3) is 4.41. The molecule has 0 saturated carbocycles. The van der Waals surface area contributed by atoms with Crippen molar-refractivity contribution in [2.45, 2.75) is 37.2 Å². The lowest BCUT2D eigenvalue weighted by atomic mass is 9.98. The van der Waals surface area contributed by atoms with E-state index in [4.69, 9.17) is 4.98 Å². The van der Waals surface area contributed by atoms with Crippen LogP contribution in [0, 0.1) is 13.8 Å². The van der Waals surface area contributed by atoms with Crippen molar-refractivity contribution in [1.82, 2.24) is 15.3 Å². The first kappa shape index (κ1) is 20.2. The summed E-state index contributed by atoms with van der Waals surface area (Å²) in [5.41, 5.74) is 6.42. The summed E-state index contributed by atoms with van der Waals surface area (Å²) in [7, 11) is 0. The number of imidazole rings is 1. The van der Waals surface area contributed by atoms with E-state index >= 15 is 0 Å². The molecule has 4 nitrogen and oxygen atoms in total. The largest absolute Gasteiger partial charge is 0.344 e. The van der Waals surface area contributed by atoms with Crippen LogP contribution in [0.15, 0.2) is 78.0 Å². The van der Waals surface area contributed by atoms with Crippen LogP contribution in [0.25, 0.3) is 11.0 Å². The standard InChI is InChI=1S/C25H25N3OS/c1-16-14-17(2)22-21(15-16)26-25(28-22)30-18(3)24(29)27-23(19-10-6-4-7-11-19)20-12-8-5-9-13-20/h4-15,18,23H,1-3H3,(H,26,28)(H,27,29). The number of aromatic amines is 1. The summed E-state index contributed by atoms with van der Waals surface area (Å²) in [4.78, 5) is 21.1. The van der Waals surface area contributed by atoms with E-state index in [9.17, 15) is 4.79 Å². The summed E-state index contributed by atoms with van der Waals surface area (Å²) in [5, 5.41) is 3.69. The van der Waals surface area contributed by atoms with Crippen molar-refractivity contribution < 1.29 is 4.79 Å². The Morgan fingerprint density at radius 2 is 1.57 bits per heavy atom. The van der Waals surface area contributed by atoms with Gasteiger partial charge in [0.2, 0.25) is 5.91 Å². The fraction of sp³-hybridized carbons (Fsp3) is 0.200. The summed E-state index contributed by atoms with van der Waals surface area (Å²) >= 11 is 1.45. The molecule has 5 heteroatoms. The minimum atomic E-state index is -0.290. The summed E-state index contributed by atoms with van der Waals surface area (Å²) in [6.07, 6.45) is 0. The molecule has 1 unspecified atom stereocenters. The van der Waals surface area contributed by atoms with Gasteiger partial charge in [0.1, 0.15) is 0 Å². The normalized spacial score (nSPS) is 12.3. The molecular weight excluding hydrogens is 390 g/mol. The zero-order valence-corrected chi connectivity index (χ0v) is 18.2. The third-order valence-electron chi connectivity index (χ3n) is 5.11. The van der Waals surface area contributed by atoms with Gasteiger partial charge < -0.3 is 10.3 Å². The van der Waals surface area contributed by atoms with E-state index in [1.165, 1.54) is 17.3 Å². The van der Waals surface area contributed by atoms with Gasteiger partial charge in [-0.25, -0.2) is 4.98 Å². The molecule has 0 aliphatic heterocycles. The van der Waals surface area contributed by atoms with Gasteiger partial charge in [0.25, 0.3) is 0 Å². The molecule has 1 aromatic heterocycles. The second-order valence-electron chi connectivity index (χ2n) is 7.54. The molecule has 4 rings (SSSR count). The van der Waals surface area contributed by atoms with Crippen LogP contribution in [0.3, 0.4) is 0 Å². The number of hydrogen-bond donors (Lipinski definition) is 2. The van der Waals surface area contributed by atoms with Gasteiger partial charge in [-0.1, -0.05) is 78.5 Å². The highest BCUT2D eigenvalue weighted by Crippen LogP contribution is 2.27. The molecule has 0 radical (unpaired) electrons. The molecule has 152 valence electrons. The van der Waals surface area contributed by atoms with Crippen molar-refractivity contribution in [2.75, 3.05) is 0 Å². The first-order valence-electron chi connectivity index (χ1n) is 10.0. The van der Waals surface area contributed by atoms with E-state index in [1.807, 2.05) is 67.6 Å². The van der Waals surface area contributed by atoms with Gasteiger partial charge in [0.15, 0.2) is 5.16 Å². The van der Waals surface area contributed by atoms with Gasteiger partial charge in [0.05, 0.1) is 22.3 Å². The summed E-state index contributed by atoms with van der Waals surface area (Å²) in [6.45, 7) is 6.05. The highest BCUT2D eigenvalue weighted by Gasteiger charge is 2.22. The van der Waals surface area contributed by atoms with E-state index in [0.29, 0.717) is 0 Å². The topological polar surface area (TPSA) is 57.8 Å². The van der Waals surface area contributed by atoms with E-state index < -0.39 is 0 Å². The molecule has 0 saturated heterocycles. The van der Waals surface area contributed by atoms with Gasteiger partial charge >= 0.3 is 0 Å². The van der Waals surface area contributed by atoms with Gasteiger partial charge in [-0.15, -0.1) is 0 Å².